The van der Waals surface area contributed by atoms with Gasteiger partial charge in [0.05, 0.1) is 17.7 Å². The van der Waals surface area contributed by atoms with Crippen molar-refractivity contribution in [3.8, 4) is 0 Å². The van der Waals surface area contributed by atoms with Crippen LogP contribution in [0.3, 0.4) is 0 Å². The molecule has 1 aliphatic heterocycles. The average molecular weight is 321 g/mol. The van der Waals surface area contributed by atoms with E-state index >= 15 is 0 Å². The molecule has 0 radical (unpaired) electrons. The average Bonchev–Trinajstić information content (AvgIpc) is 3.12. The molecule has 2 heterocycles. The highest BCUT2D eigenvalue weighted by Crippen LogP contribution is 2.27. The fourth-order valence-electron chi connectivity index (χ4n) is 4.13. The lowest BCUT2D eigenvalue weighted by Gasteiger charge is -2.39. The van der Waals surface area contributed by atoms with Crippen molar-refractivity contribution < 1.29 is 14.4 Å². The van der Waals surface area contributed by atoms with E-state index in [2.05, 4.69) is 10.1 Å². The van der Waals surface area contributed by atoms with Crippen molar-refractivity contribution >= 4 is 5.91 Å². The summed E-state index contributed by atoms with van der Waals surface area (Å²) in [4.78, 5) is 17.1. The molecule has 1 saturated heterocycles. The van der Waals surface area contributed by atoms with Crippen LogP contribution in [-0.2, 0) is 4.79 Å². The van der Waals surface area contributed by atoms with Crippen LogP contribution >= 0.6 is 0 Å². The maximum Gasteiger partial charge on any atom is 0.230 e. The van der Waals surface area contributed by atoms with E-state index in [1.54, 1.807) is 0 Å². The monoisotopic (exact) mass is 321 g/mol. The Bertz CT molecular complexity index is 544. The first kappa shape index (κ1) is 16.5. The van der Waals surface area contributed by atoms with Crippen molar-refractivity contribution in [2.75, 3.05) is 26.2 Å². The Morgan fingerprint density at radius 1 is 1.26 bits per heavy atom. The Labute approximate surface area is 137 Å². The number of amides is 1. The second-order valence-electron chi connectivity index (χ2n) is 6.89. The lowest BCUT2D eigenvalue weighted by Crippen LogP contribution is -2.54. The lowest BCUT2D eigenvalue weighted by atomic mass is 9.97. The van der Waals surface area contributed by atoms with E-state index < -0.39 is 0 Å². The van der Waals surface area contributed by atoms with Crippen LogP contribution in [0.25, 0.3) is 0 Å². The smallest absolute Gasteiger partial charge is 0.230 e. The van der Waals surface area contributed by atoms with Crippen molar-refractivity contribution in [1.82, 2.24) is 15.0 Å². The second kappa shape index (κ2) is 6.61. The van der Waals surface area contributed by atoms with Crippen LogP contribution in [0, 0.1) is 13.8 Å². The van der Waals surface area contributed by atoms with Gasteiger partial charge in [-0.05, 0) is 40.0 Å². The molecule has 1 aliphatic carbocycles. The van der Waals surface area contributed by atoms with Crippen LogP contribution in [0.1, 0.15) is 49.1 Å². The Morgan fingerprint density at radius 2 is 1.96 bits per heavy atom. The summed E-state index contributed by atoms with van der Waals surface area (Å²) in [5.41, 5.74) is 1.72. The van der Waals surface area contributed by atoms with Gasteiger partial charge in [0.25, 0.3) is 0 Å². The molecule has 128 valence electrons. The van der Waals surface area contributed by atoms with Crippen molar-refractivity contribution in [1.29, 1.82) is 0 Å². The molecular formula is C17H27N3O3. The minimum atomic E-state index is -0.218. The summed E-state index contributed by atoms with van der Waals surface area (Å²) in [6.07, 6.45) is 2.89. The van der Waals surface area contributed by atoms with Crippen LogP contribution in [0.15, 0.2) is 4.52 Å². The Morgan fingerprint density at radius 3 is 2.48 bits per heavy atom. The first-order valence-electron chi connectivity index (χ1n) is 8.62. The summed E-state index contributed by atoms with van der Waals surface area (Å²) in [6.45, 7) is 8.84. The zero-order chi connectivity index (χ0) is 16.6. The fourth-order valence-corrected chi connectivity index (χ4v) is 4.13. The Kier molecular flexibility index (Phi) is 4.73. The molecule has 23 heavy (non-hydrogen) atoms. The third kappa shape index (κ3) is 3.15. The fraction of sp³-hybridized carbons (Fsp3) is 0.765. The number of aromatic nitrogens is 1. The molecule has 0 bridgehead atoms. The summed E-state index contributed by atoms with van der Waals surface area (Å²) < 4.78 is 5.19. The lowest BCUT2D eigenvalue weighted by molar-refractivity contribution is -0.134. The van der Waals surface area contributed by atoms with Crippen LogP contribution in [0.2, 0.25) is 0 Å². The molecule has 0 unspecified atom stereocenters. The van der Waals surface area contributed by atoms with Gasteiger partial charge in [0.15, 0.2) is 0 Å². The number of hydrogen-bond acceptors (Lipinski definition) is 5. The molecule has 0 spiro atoms. The second-order valence-corrected chi connectivity index (χ2v) is 6.89. The molecule has 3 atom stereocenters. The normalized spacial score (nSPS) is 27.4. The van der Waals surface area contributed by atoms with Gasteiger partial charge in [-0.2, -0.15) is 0 Å². The minimum Gasteiger partial charge on any atom is -0.391 e. The number of aliphatic hydroxyl groups excluding tert-OH is 1. The largest absolute Gasteiger partial charge is 0.391 e. The molecule has 0 aromatic carbocycles. The van der Waals surface area contributed by atoms with Crippen molar-refractivity contribution in [3.05, 3.63) is 17.0 Å². The van der Waals surface area contributed by atoms with E-state index in [1.807, 2.05) is 25.7 Å². The number of piperazine rings is 1. The molecule has 1 amide bonds. The number of aliphatic hydroxyl groups is 1. The molecule has 2 fully saturated rings. The maximum atomic E-state index is 12.8. The predicted octanol–water partition coefficient (Wildman–Crippen LogP) is 1.45. The van der Waals surface area contributed by atoms with Gasteiger partial charge in [0.2, 0.25) is 5.91 Å². The number of aryl methyl sites for hydroxylation is 2. The number of carbonyl (C=O) groups is 1. The van der Waals surface area contributed by atoms with Gasteiger partial charge in [-0.25, -0.2) is 0 Å². The van der Waals surface area contributed by atoms with Crippen molar-refractivity contribution in [3.63, 3.8) is 0 Å². The molecule has 2 aliphatic rings. The van der Waals surface area contributed by atoms with Crippen LogP contribution in [-0.4, -0.2) is 64.3 Å². The first-order valence-corrected chi connectivity index (χ1v) is 8.62. The molecular weight excluding hydrogens is 294 g/mol. The van der Waals surface area contributed by atoms with Crippen LogP contribution in [0.5, 0.6) is 0 Å². The van der Waals surface area contributed by atoms with E-state index in [9.17, 15) is 9.90 Å². The predicted molar refractivity (Wildman–Crippen MR) is 86.2 cm³/mol. The molecule has 3 rings (SSSR count). The van der Waals surface area contributed by atoms with Gasteiger partial charge >= 0.3 is 0 Å². The van der Waals surface area contributed by atoms with Gasteiger partial charge in [-0.15, -0.1) is 0 Å². The Hall–Kier alpha value is -1.40. The van der Waals surface area contributed by atoms with Crippen LogP contribution < -0.4 is 0 Å². The third-order valence-electron chi connectivity index (χ3n) is 5.43. The topological polar surface area (TPSA) is 69.8 Å². The highest BCUT2D eigenvalue weighted by molar-refractivity contribution is 5.84. The van der Waals surface area contributed by atoms with E-state index in [4.69, 9.17) is 4.52 Å². The number of hydrogen-bond donors (Lipinski definition) is 1. The molecule has 6 nitrogen and oxygen atoms in total. The Balaban J connectivity index is 1.60. The van der Waals surface area contributed by atoms with Gasteiger partial charge in [0.1, 0.15) is 5.76 Å². The quantitative estimate of drug-likeness (QED) is 0.912. The number of rotatable bonds is 3. The molecule has 6 heteroatoms. The first-order chi connectivity index (χ1) is 11.0. The molecule has 1 saturated carbocycles. The zero-order valence-electron chi connectivity index (χ0n) is 14.3. The SMILES string of the molecule is Cc1noc(C)c1[C@H](C)C(=O)N1CCN([C@@H]2CCC[C@@H]2O)CC1. The molecule has 1 N–H and O–H groups in total. The maximum absolute atomic E-state index is 12.8. The molecule has 1 aromatic heterocycles. The van der Waals surface area contributed by atoms with E-state index in [1.165, 1.54) is 0 Å². The summed E-state index contributed by atoms with van der Waals surface area (Å²) >= 11 is 0. The van der Waals surface area contributed by atoms with Gasteiger partial charge in [-0.1, -0.05) is 5.16 Å². The van der Waals surface area contributed by atoms with Gasteiger partial charge in [0, 0.05) is 37.8 Å². The summed E-state index contributed by atoms with van der Waals surface area (Å²) in [6, 6.07) is 0.284. The van der Waals surface area contributed by atoms with E-state index in [0.29, 0.717) is 0 Å². The standard InChI is InChI=1S/C17H27N3O3/c1-11(16-12(2)18-23-13(16)3)17(22)20-9-7-19(8-10-20)14-5-4-6-15(14)21/h11,14-15,21H,4-10H2,1-3H3/t11-,14+,15-/m0/s1. The highest BCUT2D eigenvalue weighted by Gasteiger charge is 2.34. The summed E-state index contributed by atoms with van der Waals surface area (Å²) in [5, 5.41) is 14.0. The van der Waals surface area contributed by atoms with Gasteiger partial charge < -0.3 is 14.5 Å². The van der Waals surface area contributed by atoms with Crippen molar-refractivity contribution in [2.45, 2.75) is 58.1 Å². The van der Waals surface area contributed by atoms with E-state index in [-0.39, 0.29) is 24.0 Å². The highest BCUT2D eigenvalue weighted by atomic mass is 16.5. The number of nitrogens with zero attached hydrogens (tertiary/aromatic N) is 3. The summed E-state index contributed by atoms with van der Waals surface area (Å²) in [5.74, 6) is 0.659. The zero-order valence-corrected chi connectivity index (χ0v) is 14.3. The van der Waals surface area contributed by atoms with E-state index in [0.717, 1.165) is 62.5 Å². The van der Waals surface area contributed by atoms with Crippen LogP contribution in [0.4, 0.5) is 0 Å². The third-order valence-corrected chi connectivity index (χ3v) is 5.43. The minimum absolute atomic E-state index is 0.144. The van der Waals surface area contributed by atoms with Gasteiger partial charge in [-0.3, -0.25) is 9.69 Å². The molecule has 1 aromatic rings. The summed E-state index contributed by atoms with van der Waals surface area (Å²) in [7, 11) is 0. The number of carbonyl (C=O) groups excluding carboxylic acids is 1. The van der Waals surface area contributed by atoms with Crippen molar-refractivity contribution in [2.24, 2.45) is 0 Å².